The van der Waals surface area contributed by atoms with Crippen LogP contribution in [0.3, 0.4) is 0 Å². The summed E-state index contributed by atoms with van der Waals surface area (Å²) in [6.45, 7) is 0. The number of nitrogens with zero attached hydrogens (tertiary/aromatic N) is 1. The first-order valence-electron chi connectivity index (χ1n) is 4.15. The van der Waals surface area contributed by atoms with E-state index in [0.717, 1.165) is 6.07 Å². The standard InChI is InChI=1S/C9H8BrNO5/c1-16-7-3-5(9(12)13)2-6(4-10)8(7)11(14)15/h2-3H,4H2,1H3,(H,12,13). The lowest BCUT2D eigenvalue weighted by Crippen LogP contribution is -2.03. The molecule has 0 fully saturated rings. The van der Waals surface area contributed by atoms with E-state index in [4.69, 9.17) is 9.84 Å². The quantitative estimate of drug-likeness (QED) is 0.521. The van der Waals surface area contributed by atoms with Crippen LogP contribution < -0.4 is 4.74 Å². The number of ether oxygens (including phenoxy) is 1. The normalized spacial score (nSPS) is 9.88. The van der Waals surface area contributed by atoms with Crippen molar-refractivity contribution in [1.29, 1.82) is 0 Å². The van der Waals surface area contributed by atoms with E-state index in [2.05, 4.69) is 15.9 Å². The molecular formula is C9H8BrNO5. The van der Waals surface area contributed by atoms with E-state index in [9.17, 15) is 14.9 Å². The summed E-state index contributed by atoms with van der Waals surface area (Å²) in [4.78, 5) is 21.0. The van der Waals surface area contributed by atoms with Crippen LogP contribution in [-0.4, -0.2) is 23.1 Å². The Morgan fingerprint density at radius 1 is 1.62 bits per heavy atom. The zero-order valence-corrected chi connectivity index (χ0v) is 9.85. The van der Waals surface area contributed by atoms with Gasteiger partial charge in [-0.3, -0.25) is 10.1 Å². The van der Waals surface area contributed by atoms with Crippen LogP contribution in [0.1, 0.15) is 15.9 Å². The second kappa shape index (κ2) is 4.93. The third kappa shape index (κ3) is 2.30. The van der Waals surface area contributed by atoms with Gasteiger partial charge in [0, 0.05) is 17.0 Å². The third-order valence-corrected chi connectivity index (χ3v) is 2.55. The van der Waals surface area contributed by atoms with Crippen molar-refractivity contribution in [3.05, 3.63) is 33.4 Å². The molecule has 0 spiro atoms. The van der Waals surface area contributed by atoms with Gasteiger partial charge in [0.1, 0.15) is 0 Å². The molecule has 0 amide bonds. The van der Waals surface area contributed by atoms with Crippen molar-refractivity contribution in [3.63, 3.8) is 0 Å². The van der Waals surface area contributed by atoms with Crippen molar-refractivity contribution in [2.45, 2.75) is 5.33 Å². The van der Waals surface area contributed by atoms with Gasteiger partial charge in [-0.1, -0.05) is 15.9 Å². The molecule has 0 bridgehead atoms. The van der Waals surface area contributed by atoms with Crippen LogP contribution in [0.15, 0.2) is 12.1 Å². The molecule has 0 aliphatic carbocycles. The Labute approximate surface area is 99.1 Å². The maximum atomic E-state index is 10.8. The van der Waals surface area contributed by atoms with Crippen LogP contribution in [0.25, 0.3) is 0 Å². The first-order valence-corrected chi connectivity index (χ1v) is 5.28. The average Bonchev–Trinajstić information content (AvgIpc) is 2.26. The first-order chi connectivity index (χ1) is 7.51. The summed E-state index contributed by atoms with van der Waals surface area (Å²) >= 11 is 3.07. The van der Waals surface area contributed by atoms with Crippen molar-refractivity contribution in [2.75, 3.05) is 7.11 Å². The zero-order chi connectivity index (χ0) is 12.3. The molecule has 0 heterocycles. The fraction of sp³-hybridized carbons (Fsp3) is 0.222. The van der Waals surface area contributed by atoms with E-state index in [0.29, 0.717) is 0 Å². The van der Waals surface area contributed by atoms with E-state index < -0.39 is 10.9 Å². The van der Waals surface area contributed by atoms with Gasteiger partial charge in [-0.15, -0.1) is 0 Å². The Kier molecular flexibility index (Phi) is 3.83. The van der Waals surface area contributed by atoms with Crippen LogP contribution in [0.2, 0.25) is 0 Å². The van der Waals surface area contributed by atoms with Crippen molar-refractivity contribution in [3.8, 4) is 5.75 Å². The van der Waals surface area contributed by atoms with Crippen LogP contribution in [-0.2, 0) is 5.33 Å². The second-order valence-electron chi connectivity index (χ2n) is 2.88. The molecule has 1 rings (SSSR count). The van der Waals surface area contributed by atoms with Gasteiger partial charge in [0.15, 0.2) is 5.75 Å². The molecule has 86 valence electrons. The summed E-state index contributed by atoms with van der Waals surface area (Å²) in [6.07, 6.45) is 0. The molecule has 0 aromatic heterocycles. The monoisotopic (exact) mass is 289 g/mol. The van der Waals surface area contributed by atoms with Crippen LogP contribution in [0.4, 0.5) is 5.69 Å². The smallest absolute Gasteiger partial charge is 0.335 e. The molecule has 0 atom stereocenters. The highest BCUT2D eigenvalue weighted by molar-refractivity contribution is 9.08. The van der Waals surface area contributed by atoms with E-state index in [-0.39, 0.29) is 27.9 Å². The zero-order valence-electron chi connectivity index (χ0n) is 8.27. The number of benzene rings is 1. The average molecular weight is 290 g/mol. The molecule has 6 nitrogen and oxygen atoms in total. The number of nitro benzene ring substituents is 1. The molecule has 0 aliphatic heterocycles. The molecule has 1 N–H and O–H groups in total. The molecule has 1 aromatic carbocycles. The minimum atomic E-state index is -1.16. The predicted molar refractivity (Wildman–Crippen MR) is 59.2 cm³/mol. The highest BCUT2D eigenvalue weighted by Crippen LogP contribution is 2.33. The van der Waals surface area contributed by atoms with E-state index in [1.54, 1.807) is 0 Å². The maximum absolute atomic E-state index is 10.8. The lowest BCUT2D eigenvalue weighted by Gasteiger charge is -2.06. The van der Waals surface area contributed by atoms with Gasteiger partial charge in [-0.05, 0) is 6.07 Å². The Balaban J connectivity index is 3.49. The summed E-state index contributed by atoms with van der Waals surface area (Å²) < 4.78 is 4.81. The molecule has 0 radical (unpaired) electrons. The Hall–Kier alpha value is -1.63. The number of carbonyl (C=O) groups is 1. The third-order valence-electron chi connectivity index (χ3n) is 1.95. The lowest BCUT2D eigenvalue weighted by molar-refractivity contribution is -0.386. The fourth-order valence-corrected chi connectivity index (χ4v) is 1.68. The SMILES string of the molecule is COc1cc(C(=O)O)cc(CBr)c1[N+](=O)[O-]. The van der Waals surface area contributed by atoms with E-state index >= 15 is 0 Å². The Bertz CT molecular complexity index is 421. The summed E-state index contributed by atoms with van der Waals surface area (Å²) in [5, 5.41) is 19.8. The topological polar surface area (TPSA) is 89.7 Å². The van der Waals surface area contributed by atoms with Crippen LogP contribution in [0.5, 0.6) is 5.75 Å². The summed E-state index contributed by atoms with van der Waals surface area (Å²) in [6, 6.07) is 2.38. The molecule has 1 aromatic rings. The Morgan fingerprint density at radius 3 is 2.62 bits per heavy atom. The number of hydrogen-bond acceptors (Lipinski definition) is 4. The number of carboxylic acid groups (broad SMARTS) is 1. The second-order valence-corrected chi connectivity index (χ2v) is 3.44. The van der Waals surface area contributed by atoms with Crippen molar-refractivity contribution >= 4 is 27.6 Å². The van der Waals surface area contributed by atoms with Gasteiger partial charge < -0.3 is 9.84 Å². The number of aromatic carboxylic acids is 1. The molecular weight excluding hydrogens is 282 g/mol. The van der Waals surface area contributed by atoms with Gasteiger partial charge in [-0.2, -0.15) is 0 Å². The van der Waals surface area contributed by atoms with Gasteiger partial charge in [0.05, 0.1) is 17.6 Å². The number of nitro groups is 1. The molecule has 0 saturated carbocycles. The van der Waals surface area contributed by atoms with Crippen LogP contribution in [0, 0.1) is 10.1 Å². The van der Waals surface area contributed by atoms with Crippen molar-refractivity contribution < 1.29 is 19.6 Å². The van der Waals surface area contributed by atoms with Gasteiger partial charge >= 0.3 is 11.7 Å². The van der Waals surface area contributed by atoms with Crippen LogP contribution >= 0.6 is 15.9 Å². The first kappa shape index (κ1) is 12.4. The highest BCUT2D eigenvalue weighted by Gasteiger charge is 2.23. The number of rotatable bonds is 4. The molecule has 7 heteroatoms. The number of methoxy groups -OCH3 is 1. The van der Waals surface area contributed by atoms with Gasteiger partial charge in [0.25, 0.3) is 0 Å². The number of alkyl halides is 1. The summed E-state index contributed by atoms with van der Waals surface area (Å²) in [7, 11) is 1.26. The van der Waals surface area contributed by atoms with Gasteiger partial charge in [0.2, 0.25) is 0 Å². The number of hydrogen-bond donors (Lipinski definition) is 1. The molecule has 0 unspecified atom stereocenters. The van der Waals surface area contributed by atoms with E-state index in [1.165, 1.54) is 13.2 Å². The van der Waals surface area contributed by atoms with Gasteiger partial charge in [-0.25, -0.2) is 4.79 Å². The summed E-state index contributed by atoms with van der Waals surface area (Å²) in [5.74, 6) is -1.21. The van der Waals surface area contributed by atoms with Crippen molar-refractivity contribution in [1.82, 2.24) is 0 Å². The number of halogens is 1. The van der Waals surface area contributed by atoms with E-state index in [1.807, 2.05) is 0 Å². The minimum absolute atomic E-state index is 0.0445. The highest BCUT2D eigenvalue weighted by atomic mass is 79.9. The summed E-state index contributed by atoms with van der Waals surface area (Å²) in [5.41, 5.74) is 0.00280. The fourth-order valence-electron chi connectivity index (χ4n) is 1.25. The molecule has 0 aliphatic rings. The maximum Gasteiger partial charge on any atom is 0.335 e. The van der Waals surface area contributed by atoms with Crippen molar-refractivity contribution in [2.24, 2.45) is 0 Å². The predicted octanol–water partition coefficient (Wildman–Crippen LogP) is 2.20. The Morgan fingerprint density at radius 2 is 2.25 bits per heavy atom. The molecule has 16 heavy (non-hydrogen) atoms. The lowest BCUT2D eigenvalue weighted by atomic mass is 10.1. The molecule has 0 saturated heterocycles. The number of carboxylic acids is 1. The minimum Gasteiger partial charge on any atom is -0.490 e. The largest absolute Gasteiger partial charge is 0.490 e.